The molecule has 1 saturated heterocycles. The second-order valence-electron chi connectivity index (χ2n) is 9.98. The quantitative estimate of drug-likeness (QED) is 0.291. The van der Waals surface area contributed by atoms with E-state index < -0.39 is 0 Å². The van der Waals surface area contributed by atoms with Gasteiger partial charge in [0.2, 0.25) is 0 Å². The number of hydrogen-bond acceptors (Lipinski definition) is 6. The second kappa shape index (κ2) is 17.3. The van der Waals surface area contributed by atoms with E-state index in [0.717, 1.165) is 57.5 Å². The molecule has 6 nitrogen and oxygen atoms in total. The van der Waals surface area contributed by atoms with Gasteiger partial charge in [0.05, 0.1) is 0 Å². The van der Waals surface area contributed by atoms with Gasteiger partial charge in [0.1, 0.15) is 0 Å². The highest BCUT2D eigenvalue weighted by Crippen LogP contribution is 2.11. The van der Waals surface area contributed by atoms with Gasteiger partial charge < -0.3 is 26.2 Å². The first kappa shape index (κ1) is 27.8. The molecule has 0 radical (unpaired) electrons. The highest BCUT2D eigenvalue weighted by Gasteiger charge is 2.23. The normalized spacial score (nSPS) is 17.5. The van der Waals surface area contributed by atoms with Crippen molar-refractivity contribution in [3.63, 3.8) is 0 Å². The Morgan fingerprint density at radius 1 is 0.867 bits per heavy atom. The lowest BCUT2D eigenvalue weighted by molar-refractivity contribution is 0.0903. The van der Waals surface area contributed by atoms with Crippen molar-refractivity contribution in [3.8, 4) is 0 Å². The predicted octanol–water partition coefficient (Wildman–Crippen LogP) is 1.91. The third kappa shape index (κ3) is 13.2. The summed E-state index contributed by atoms with van der Waals surface area (Å²) in [6.07, 6.45) is 5.06. The van der Waals surface area contributed by atoms with Crippen LogP contribution in [0.15, 0.2) is 0 Å². The van der Waals surface area contributed by atoms with Crippen LogP contribution in [0.4, 0.5) is 0 Å². The SMILES string of the molecule is CNCCN(CCNCC(CCN)N1CCN(CCCC(C)C)CC1)CCC(C)C. The van der Waals surface area contributed by atoms with Crippen molar-refractivity contribution >= 4 is 0 Å². The standard InChI is InChI=1S/C24H54N6/c1-22(2)7-6-13-28-17-19-30(20-18-28)24(8-10-25)21-27-12-16-29(15-11-26-5)14-9-23(3)4/h22-24,26-27H,6-21,25H2,1-5H3. The van der Waals surface area contributed by atoms with Gasteiger partial charge in [0.15, 0.2) is 0 Å². The lowest BCUT2D eigenvalue weighted by Gasteiger charge is -2.39. The van der Waals surface area contributed by atoms with E-state index >= 15 is 0 Å². The van der Waals surface area contributed by atoms with E-state index in [2.05, 4.69) is 53.0 Å². The van der Waals surface area contributed by atoms with Crippen LogP contribution >= 0.6 is 0 Å². The summed E-state index contributed by atoms with van der Waals surface area (Å²) in [6, 6.07) is 0.578. The maximum Gasteiger partial charge on any atom is 0.0233 e. The zero-order chi connectivity index (χ0) is 22.2. The first-order valence-electron chi connectivity index (χ1n) is 12.7. The number of nitrogens with zero attached hydrogens (tertiary/aromatic N) is 3. The van der Waals surface area contributed by atoms with Gasteiger partial charge in [0, 0.05) is 64.9 Å². The molecule has 0 saturated carbocycles. The van der Waals surface area contributed by atoms with Crippen LogP contribution < -0.4 is 16.4 Å². The molecule has 0 amide bonds. The van der Waals surface area contributed by atoms with Crippen molar-refractivity contribution in [2.75, 3.05) is 85.6 Å². The summed E-state index contributed by atoms with van der Waals surface area (Å²) in [7, 11) is 2.04. The average Bonchev–Trinajstić information content (AvgIpc) is 2.71. The van der Waals surface area contributed by atoms with Crippen LogP contribution in [0, 0.1) is 11.8 Å². The average molecular weight is 427 g/mol. The van der Waals surface area contributed by atoms with Gasteiger partial charge in [-0.25, -0.2) is 0 Å². The van der Waals surface area contributed by atoms with Crippen molar-refractivity contribution < 1.29 is 0 Å². The number of nitrogens with one attached hydrogen (secondary N) is 2. The van der Waals surface area contributed by atoms with Crippen molar-refractivity contribution in [3.05, 3.63) is 0 Å². The second-order valence-corrected chi connectivity index (χ2v) is 9.98. The molecule has 1 rings (SSSR count). The van der Waals surface area contributed by atoms with E-state index in [1.165, 1.54) is 58.5 Å². The molecule has 1 fully saturated rings. The highest BCUT2D eigenvalue weighted by molar-refractivity contribution is 4.81. The molecule has 1 atom stereocenters. The molecule has 0 aromatic rings. The first-order valence-corrected chi connectivity index (χ1v) is 12.7. The Kier molecular flexibility index (Phi) is 16.1. The number of nitrogens with two attached hydrogens (primary N) is 1. The minimum absolute atomic E-state index is 0.578. The first-order chi connectivity index (χ1) is 14.5. The van der Waals surface area contributed by atoms with Crippen molar-refractivity contribution in [2.45, 2.75) is 59.4 Å². The topological polar surface area (TPSA) is 59.8 Å². The van der Waals surface area contributed by atoms with Crippen LogP contribution in [0.25, 0.3) is 0 Å². The largest absolute Gasteiger partial charge is 0.330 e. The van der Waals surface area contributed by atoms with Crippen molar-refractivity contribution in [1.29, 1.82) is 0 Å². The molecule has 0 spiro atoms. The van der Waals surface area contributed by atoms with Crippen LogP contribution in [0.2, 0.25) is 0 Å². The maximum atomic E-state index is 5.95. The van der Waals surface area contributed by atoms with E-state index in [4.69, 9.17) is 5.73 Å². The molecular weight excluding hydrogens is 372 g/mol. The van der Waals surface area contributed by atoms with E-state index in [1.807, 2.05) is 7.05 Å². The molecule has 0 aliphatic carbocycles. The van der Waals surface area contributed by atoms with Gasteiger partial charge in [-0.1, -0.05) is 27.7 Å². The summed E-state index contributed by atoms with van der Waals surface area (Å²) in [5.74, 6) is 1.60. The lowest BCUT2D eigenvalue weighted by Crippen LogP contribution is -2.53. The van der Waals surface area contributed by atoms with E-state index in [1.54, 1.807) is 0 Å². The fraction of sp³-hybridized carbons (Fsp3) is 1.00. The summed E-state index contributed by atoms with van der Waals surface area (Å²) in [5.41, 5.74) is 5.95. The van der Waals surface area contributed by atoms with E-state index in [0.29, 0.717) is 6.04 Å². The monoisotopic (exact) mass is 426 g/mol. The van der Waals surface area contributed by atoms with Crippen LogP contribution in [-0.4, -0.2) is 106 Å². The fourth-order valence-electron chi connectivity index (χ4n) is 4.23. The third-order valence-electron chi connectivity index (χ3n) is 6.36. The van der Waals surface area contributed by atoms with Gasteiger partial charge >= 0.3 is 0 Å². The Morgan fingerprint density at radius 3 is 2.13 bits per heavy atom. The summed E-state index contributed by atoms with van der Waals surface area (Å²) in [6.45, 7) is 22.8. The summed E-state index contributed by atoms with van der Waals surface area (Å²) < 4.78 is 0. The zero-order valence-electron chi connectivity index (χ0n) is 21.0. The number of hydrogen-bond donors (Lipinski definition) is 3. The van der Waals surface area contributed by atoms with E-state index in [-0.39, 0.29) is 0 Å². The number of piperazine rings is 1. The Morgan fingerprint density at radius 2 is 1.53 bits per heavy atom. The molecule has 4 N–H and O–H groups in total. The van der Waals surface area contributed by atoms with Crippen LogP contribution in [-0.2, 0) is 0 Å². The molecule has 0 bridgehead atoms. The van der Waals surface area contributed by atoms with Crippen LogP contribution in [0.1, 0.15) is 53.4 Å². The Bertz CT molecular complexity index is 382. The number of likely N-dealkylation sites (N-methyl/N-ethyl adjacent to an activating group) is 1. The molecular formula is C24H54N6. The molecule has 0 aromatic carbocycles. The molecule has 1 heterocycles. The molecule has 1 unspecified atom stereocenters. The van der Waals surface area contributed by atoms with Crippen molar-refractivity contribution in [1.82, 2.24) is 25.3 Å². The predicted molar refractivity (Wildman–Crippen MR) is 132 cm³/mol. The zero-order valence-corrected chi connectivity index (χ0v) is 21.0. The Balaban J connectivity index is 2.30. The highest BCUT2D eigenvalue weighted by atomic mass is 15.3. The minimum atomic E-state index is 0.578. The van der Waals surface area contributed by atoms with Gasteiger partial charge in [0.25, 0.3) is 0 Å². The van der Waals surface area contributed by atoms with Crippen molar-refractivity contribution in [2.24, 2.45) is 17.6 Å². The summed E-state index contributed by atoms with van der Waals surface area (Å²) >= 11 is 0. The molecule has 6 heteroatoms. The molecule has 180 valence electrons. The third-order valence-corrected chi connectivity index (χ3v) is 6.36. The lowest BCUT2D eigenvalue weighted by atomic mass is 10.1. The Hall–Kier alpha value is -0.240. The van der Waals surface area contributed by atoms with E-state index in [9.17, 15) is 0 Å². The van der Waals surface area contributed by atoms with Gasteiger partial charge in [-0.3, -0.25) is 4.90 Å². The van der Waals surface area contributed by atoms with Crippen LogP contribution in [0.3, 0.4) is 0 Å². The van der Waals surface area contributed by atoms with Crippen LogP contribution in [0.5, 0.6) is 0 Å². The Labute approximate surface area is 188 Å². The van der Waals surface area contributed by atoms with Gasteiger partial charge in [-0.2, -0.15) is 0 Å². The smallest absolute Gasteiger partial charge is 0.0233 e. The fourth-order valence-corrected chi connectivity index (χ4v) is 4.23. The summed E-state index contributed by atoms with van der Waals surface area (Å²) in [4.78, 5) is 7.92. The van der Waals surface area contributed by atoms with Gasteiger partial charge in [-0.15, -0.1) is 0 Å². The molecule has 1 aliphatic rings. The molecule has 1 aliphatic heterocycles. The summed E-state index contributed by atoms with van der Waals surface area (Å²) in [5, 5.41) is 7.04. The number of rotatable bonds is 18. The molecule has 0 aromatic heterocycles. The van der Waals surface area contributed by atoms with Gasteiger partial charge in [-0.05, 0) is 64.2 Å². The minimum Gasteiger partial charge on any atom is -0.330 e. The maximum absolute atomic E-state index is 5.95. The molecule has 30 heavy (non-hydrogen) atoms.